The van der Waals surface area contributed by atoms with Gasteiger partial charge in [-0.05, 0) is 44.9 Å². The molecule has 1 unspecified atom stereocenters. The van der Waals surface area contributed by atoms with Crippen molar-refractivity contribution >= 4 is 17.9 Å². The van der Waals surface area contributed by atoms with E-state index in [9.17, 15) is 14.4 Å². The van der Waals surface area contributed by atoms with Crippen molar-refractivity contribution < 1.29 is 28.6 Å². The van der Waals surface area contributed by atoms with Crippen molar-refractivity contribution in [3.63, 3.8) is 0 Å². The summed E-state index contributed by atoms with van der Waals surface area (Å²) in [6.07, 6.45) is 81.2. The standard InChI is InChI=1S/C72H138O6/c1-4-7-10-13-16-19-22-24-26-28-30-32-34-35-36-37-39-40-42-44-46-48-50-53-56-59-62-65-71(74)77-68-69(67-76-70(73)64-61-58-55-52-21-18-15-12-9-6-3)78-72(75)66-63-60-57-54-51-49-47-45-43-41-38-33-31-29-27-25-23-20-17-14-11-8-5-2/h28,30,69H,4-27,29,31-68H2,1-3H3/b30-28-. The topological polar surface area (TPSA) is 78.9 Å². The number of hydrogen-bond acceptors (Lipinski definition) is 6. The Labute approximate surface area is 488 Å². The Balaban J connectivity index is 4.11. The molecule has 0 rings (SSSR count). The minimum atomic E-state index is -0.765. The molecule has 0 aliphatic heterocycles. The van der Waals surface area contributed by atoms with Crippen LogP contribution in [0.1, 0.15) is 412 Å². The summed E-state index contributed by atoms with van der Waals surface area (Å²) in [5.74, 6) is -0.829. The average Bonchev–Trinajstić information content (AvgIpc) is 3.44. The van der Waals surface area contributed by atoms with Crippen LogP contribution in [0.2, 0.25) is 0 Å². The second-order valence-electron chi connectivity index (χ2n) is 24.5. The van der Waals surface area contributed by atoms with Gasteiger partial charge in [-0.2, -0.15) is 0 Å². The zero-order valence-electron chi connectivity index (χ0n) is 53.2. The van der Waals surface area contributed by atoms with Crippen LogP contribution in [0.4, 0.5) is 0 Å². The van der Waals surface area contributed by atoms with Gasteiger partial charge in [-0.1, -0.05) is 360 Å². The highest BCUT2D eigenvalue weighted by Gasteiger charge is 2.19. The normalized spacial score (nSPS) is 12.0. The molecule has 1 atom stereocenters. The minimum Gasteiger partial charge on any atom is -0.462 e. The Morgan fingerprint density at radius 1 is 0.244 bits per heavy atom. The number of ether oxygens (including phenoxy) is 3. The molecular formula is C72H138O6. The second kappa shape index (κ2) is 67.7. The van der Waals surface area contributed by atoms with Crippen LogP contribution in [-0.2, 0) is 28.6 Å². The molecule has 462 valence electrons. The first-order chi connectivity index (χ1) is 38.5. The van der Waals surface area contributed by atoms with Crippen molar-refractivity contribution in [1.82, 2.24) is 0 Å². The van der Waals surface area contributed by atoms with Crippen molar-refractivity contribution in [2.24, 2.45) is 0 Å². The van der Waals surface area contributed by atoms with Crippen LogP contribution in [0, 0.1) is 0 Å². The molecular weight excluding hydrogens is 961 g/mol. The van der Waals surface area contributed by atoms with Gasteiger partial charge in [0.1, 0.15) is 13.2 Å². The molecule has 0 heterocycles. The Hall–Kier alpha value is -1.85. The predicted octanol–water partition coefficient (Wildman–Crippen LogP) is 24.4. The third kappa shape index (κ3) is 65.0. The van der Waals surface area contributed by atoms with Gasteiger partial charge in [-0.15, -0.1) is 0 Å². The number of allylic oxidation sites excluding steroid dienone is 2. The molecule has 0 aromatic heterocycles. The summed E-state index contributed by atoms with van der Waals surface area (Å²) in [7, 11) is 0. The summed E-state index contributed by atoms with van der Waals surface area (Å²) in [5.41, 5.74) is 0. The monoisotopic (exact) mass is 1100 g/mol. The third-order valence-corrected chi connectivity index (χ3v) is 16.5. The Bertz CT molecular complexity index is 1210. The van der Waals surface area contributed by atoms with E-state index < -0.39 is 6.10 Å². The van der Waals surface area contributed by atoms with Crippen LogP contribution in [0.3, 0.4) is 0 Å². The van der Waals surface area contributed by atoms with Crippen LogP contribution in [0.25, 0.3) is 0 Å². The molecule has 0 N–H and O–H groups in total. The maximum Gasteiger partial charge on any atom is 0.306 e. The summed E-state index contributed by atoms with van der Waals surface area (Å²) in [4.78, 5) is 38.3. The summed E-state index contributed by atoms with van der Waals surface area (Å²) in [5, 5.41) is 0. The quantitative estimate of drug-likeness (QED) is 0.0261. The van der Waals surface area contributed by atoms with Gasteiger partial charge in [0.2, 0.25) is 0 Å². The van der Waals surface area contributed by atoms with Crippen molar-refractivity contribution in [3.05, 3.63) is 12.2 Å². The highest BCUT2D eigenvalue weighted by atomic mass is 16.6. The molecule has 6 heteroatoms. The lowest BCUT2D eigenvalue weighted by molar-refractivity contribution is -0.167. The van der Waals surface area contributed by atoms with Gasteiger partial charge in [0.25, 0.3) is 0 Å². The van der Waals surface area contributed by atoms with Crippen LogP contribution >= 0.6 is 0 Å². The maximum atomic E-state index is 12.9. The van der Waals surface area contributed by atoms with E-state index in [0.717, 1.165) is 57.8 Å². The summed E-state index contributed by atoms with van der Waals surface area (Å²) in [6.45, 7) is 6.72. The van der Waals surface area contributed by atoms with Gasteiger partial charge in [-0.3, -0.25) is 14.4 Å². The summed E-state index contributed by atoms with van der Waals surface area (Å²) >= 11 is 0. The van der Waals surface area contributed by atoms with Crippen LogP contribution in [0.15, 0.2) is 12.2 Å². The van der Waals surface area contributed by atoms with E-state index >= 15 is 0 Å². The van der Waals surface area contributed by atoms with E-state index in [-0.39, 0.29) is 31.1 Å². The minimum absolute atomic E-state index is 0.0627. The fourth-order valence-electron chi connectivity index (χ4n) is 11.2. The van der Waals surface area contributed by atoms with Gasteiger partial charge in [-0.25, -0.2) is 0 Å². The molecule has 78 heavy (non-hydrogen) atoms. The lowest BCUT2D eigenvalue weighted by Crippen LogP contribution is -2.30. The number of unbranched alkanes of at least 4 members (excludes halogenated alkanes) is 54. The van der Waals surface area contributed by atoms with Gasteiger partial charge < -0.3 is 14.2 Å². The molecule has 0 bridgehead atoms. The van der Waals surface area contributed by atoms with Crippen molar-refractivity contribution in [3.8, 4) is 0 Å². The molecule has 6 nitrogen and oxygen atoms in total. The number of carbonyl (C=O) groups excluding carboxylic acids is 3. The van der Waals surface area contributed by atoms with Gasteiger partial charge in [0.15, 0.2) is 6.10 Å². The average molecular weight is 1100 g/mol. The van der Waals surface area contributed by atoms with Crippen molar-refractivity contribution in [2.45, 2.75) is 419 Å². The molecule has 0 aromatic carbocycles. The van der Waals surface area contributed by atoms with Crippen LogP contribution in [0.5, 0.6) is 0 Å². The predicted molar refractivity (Wildman–Crippen MR) is 340 cm³/mol. The fourth-order valence-corrected chi connectivity index (χ4v) is 11.2. The van der Waals surface area contributed by atoms with E-state index in [1.165, 1.54) is 315 Å². The number of rotatable bonds is 67. The lowest BCUT2D eigenvalue weighted by Gasteiger charge is -2.18. The lowest BCUT2D eigenvalue weighted by atomic mass is 10.0. The first kappa shape index (κ1) is 76.1. The van der Waals surface area contributed by atoms with Crippen molar-refractivity contribution in [1.29, 1.82) is 0 Å². The number of carbonyl (C=O) groups is 3. The molecule has 0 saturated heterocycles. The molecule has 0 amide bonds. The highest BCUT2D eigenvalue weighted by molar-refractivity contribution is 5.71. The van der Waals surface area contributed by atoms with E-state index in [4.69, 9.17) is 14.2 Å². The Morgan fingerprint density at radius 3 is 0.641 bits per heavy atom. The SMILES string of the molecule is CCCCCCCCCC/C=C\CCCCCCCCCCCCCCCCCC(=O)OCC(COC(=O)CCCCCCCCCCCC)OC(=O)CCCCCCCCCCCCCCCCCCCCCCCCC. The van der Waals surface area contributed by atoms with E-state index in [0.29, 0.717) is 19.3 Å². The van der Waals surface area contributed by atoms with Crippen LogP contribution in [-0.4, -0.2) is 37.2 Å². The Morgan fingerprint density at radius 2 is 0.423 bits per heavy atom. The molecule has 0 saturated carbocycles. The molecule has 0 fully saturated rings. The molecule has 0 aliphatic rings. The van der Waals surface area contributed by atoms with E-state index in [1.807, 2.05) is 0 Å². The number of esters is 3. The molecule has 0 aliphatic carbocycles. The van der Waals surface area contributed by atoms with Crippen LogP contribution < -0.4 is 0 Å². The fraction of sp³-hybridized carbons (Fsp3) is 0.931. The largest absolute Gasteiger partial charge is 0.462 e. The van der Waals surface area contributed by atoms with Crippen molar-refractivity contribution in [2.75, 3.05) is 13.2 Å². The van der Waals surface area contributed by atoms with E-state index in [2.05, 4.69) is 32.9 Å². The third-order valence-electron chi connectivity index (χ3n) is 16.5. The first-order valence-electron chi connectivity index (χ1n) is 35.7. The van der Waals surface area contributed by atoms with E-state index in [1.54, 1.807) is 0 Å². The van der Waals surface area contributed by atoms with Gasteiger partial charge >= 0.3 is 17.9 Å². The zero-order chi connectivity index (χ0) is 56.4. The summed E-state index contributed by atoms with van der Waals surface area (Å²) < 4.78 is 17.0. The molecule has 0 aromatic rings. The zero-order valence-corrected chi connectivity index (χ0v) is 53.2. The summed E-state index contributed by atoms with van der Waals surface area (Å²) in [6, 6.07) is 0. The maximum absolute atomic E-state index is 12.9. The second-order valence-corrected chi connectivity index (χ2v) is 24.5. The number of hydrogen-bond donors (Lipinski definition) is 0. The Kier molecular flexibility index (Phi) is 66.0. The molecule has 0 spiro atoms. The van der Waals surface area contributed by atoms with Gasteiger partial charge in [0.05, 0.1) is 0 Å². The smallest absolute Gasteiger partial charge is 0.306 e. The van der Waals surface area contributed by atoms with Gasteiger partial charge in [0, 0.05) is 19.3 Å². The first-order valence-corrected chi connectivity index (χ1v) is 35.7. The molecule has 0 radical (unpaired) electrons. The highest BCUT2D eigenvalue weighted by Crippen LogP contribution is 2.19.